The molecule has 2 aromatic rings. The topological polar surface area (TPSA) is 101 Å². The Labute approximate surface area is 183 Å². The van der Waals surface area contributed by atoms with Gasteiger partial charge < -0.3 is 24.6 Å². The van der Waals surface area contributed by atoms with Crippen molar-refractivity contribution in [3.05, 3.63) is 65.3 Å². The molecule has 7 heteroatoms. The maximum Gasteiger partial charge on any atom is 0.262 e. The zero-order chi connectivity index (χ0) is 23.2. The predicted octanol–water partition coefficient (Wildman–Crippen LogP) is 4.22. The standard InChI is InChI=1S/C22H22N2O5.C2H6/c1-27-18-9-7-15(8-10-18)14-24-22(26)17(13-23)6-4-5-16-11-19(28-2)21(25)20(12-16)29-3;1-2/h4-12,25H,14H2,1-3H3,(H,24,26);1-2H3/b5-4+,17-6+;. The van der Waals surface area contributed by atoms with E-state index in [9.17, 15) is 15.2 Å². The number of allylic oxidation sites excluding steroid dienone is 2. The molecule has 0 aliphatic rings. The molecule has 0 aliphatic heterocycles. The Morgan fingerprint density at radius 3 is 2.13 bits per heavy atom. The summed E-state index contributed by atoms with van der Waals surface area (Å²) in [6.45, 7) is 4.29. The minimum absolute atomic E-state index is 0.0347. The van der Waals surface area contributed by atoms with Gasteiger partial charge in [-0.25, -0.2) is 0 Å². The van der Waals surface area contributed by atoms with Crippen molar-refractivity contribution in [3.8, 4) is 29.1 Å². The summed E-state index contributed by atoms with van der Waals surface area (Å²) in [6, 6.07) is 12.4. The SMILES string of the molecule is CC.COc1ccc(CNC(=O)/C(C#N)=C/C=C/c2cc(OC)c(O)c(OC)c2)cc1. The van der Waals surface area contributed by atoms with Crippen LogP contribution in [-0.2, 0) is 11.3 Å². The van der Waals surface area contributed by atoms with Crippen molar-refractivity contribution < 1.29 is 24.1 Å². The Balaban J connectivity index is 0.00000233. The highest BCUT2D eigenvalue weighted by atomic mass is 16.5. The lowest BCUT2D eigenvalue weighted by molar-refractivity contribution is -0.117. The van der Waals surface area contributed by atoms with Crippen LogP contribution in [0.25, 0.3) is 6.08 Å². The number of amides is 1. The second-order valence-corrected chi connectivity index (χ2v) is 5.86. The average Bonchev–Trinajstić information content (AvgIpc) is 2.82. The summed E-state index contributed by atoms with van der Waals surface area (Å²) in [7, 11) is 4.45. The number of benzene rings is 2. The molecule has 0 spiro atoms. The van der Waals surface area contributed by atoms with Crippen molar-refractivity contribution >= 4 is 12.0 Å². The van der Waals surface area contributed by atoms with Crippen molar-refractivity contribution in [1.29, 1.82) is 5.26 Å². The minimum Gasteiger partial charge on any atom is -0.502 e. The van der Waals surface area contributed by atoms with Crippen LogP contribution in [0.1, 0.15) is 25.0 Å². The van der Waals surface area contributed by atoms with Crippen LogP contribution in [0.2, 0.25) is 0 Å². The number of phenolic OH excluding ortho intramolecular Hbond substituents is 1. The third kappa shape index (κ3) is 7.44. The first kappa shape index (κ1) is 25.1. The van der Waals surface area contributed by atoms with E-state index in [0.29, 0.717) is 5.56 Å². The average molecular weight is 424 g/mol. The number of nitrogens with zero attached hydrogens (tertiary/aromatic N) is 1. The van der Waals surface area contributed by atoms with Crippen molar-refractivity contribution in [3.63, 3.8) is 0 Å². The van der Waals surface area contributed by atoms with Gasteiger partial charge in [0.1, 0.15) is 17.4 Å². The van der Waals surface area contributed by atoms with Crippen LogP contribution in [0.3, 0.4) is 0 Å². The fraction of sp³-hybridized carbons (Fsp3) is 0.250. The summed E-state index contributed by atoms with van der Waals surface area (Å²) in [5.74, 6) is 0.661. The van der Waals surface area contributed by atoms with E-state index in [0.717, 1.165) is 11.3 Å². The van der Waals surface area contributed by atoms with Crippen LogP contribution in [0.5, 0.6) is 23.0 Å². The second kappa shape index (κ2) is 13.3. The molecule has 0 saturated carbocycles. The fourth-order valence-corrected chi connectivity index (χ4v) is 2.45. The first-order chi connectivity index (χ1) is 15.0. The number of carbonyl (C=O) groups excluding carboxylic acids is 1. The van der Waals surface area contributed by atoms with E-state index >= 15 is 0 Å². The number of rotatable bonds is 8. The quantitative estimate of drug-likeness (QED) is 0.374. The molecule has 0 fully saturated rings. The van der Waals surface area contributed by atoms with Crippen molar-refractivity contribution in [1.82, 2.24) is 5.32 Å². The Bertz CT molecular complexity index is 932. The maximum atomic E-state index is 12.2. The first-order valence-corrected chi connectivity index (χ1v) is 9.67. The Morgan fingerprint density at radius 1 is 1.06 bits per heavy atom. The smallest absolute Gasteiger partial charge is 0.262 e. The van der Waals surface area contributed by atoms with E-state index in [1.165, 1.54) is 20.3 Å². The van der Waals surface area contributed by atoms with Crippen LogP contribution in [0.15, 0.2) is 54.1 Å². The molecule has 2 rings (SSSR count). The van der Waals surface area contributed by atoms with Gasteiger partial charge in [-0.2, -0.15) is 5.26 Å². The maximum absolute atomic E-state index is 12.2. The van der Waals surface area contributed by atoms with Gasteiger partial charge in [0.25, 0.3) is 5.91 Å². The highest BCUT2D eigenvalue weighted by Crippen LogP contribution is 2.37. The van der Waals surface area contributed by atoms with Gasteiger partial charge in [-0.15, -0.1) is 0 Å². The largest absolute Gasteiger partial charge is 0.502 e. The van der Waals surface area contributed by atoms with Crippen LogP contribution >= 0.6 is 0 Å². The second-order valence-electron chi connectivity index (χ2n) is 5.86. The predicted molar refractivity (Wildman–Crippen MR) is 120 cm³/mol. The molecule has 0 aliphatic carbocycles. The van der Waals surface area contributed by atoms with E-state index in [1.807, 2.05) is 32.0 Å². The van der Waals surface area contributed by atoms with E-state index < -0.39 is 5.91 Å². The van der Waals surface area contributed by atoms with Gasteiger partial charge in [-0.3, -0.25) is 4.79 Å². The highest BCUT2D eigenvalue weighted by molar-refractivity contribution is 5.97. The summed E-state index contributed by atoms with van der Waals surface area (Å²) in [5.41, 5.74) is 1.52. The Kier molecular flexibility index (Phi) is 10.8. The van der Waals surface area contributed by atoms with Crippen LogP contribution in [0, 0.1) is 11.3 Å². The molecule has 7 nitrogen and oxygen atoms in total. The molecule has 164 valence electrons. The molecule has 2 aromatic carbocycles. The molecule has 0 heterocycles. The number of phenols is 1. The number of hydrogen-bond donors (Lipinski definition) is 2. The molecule has 0 atom stereocenters. The van der Waals surface area contributed by atoms with E-state index in [1.54, 1.807) is 43.5 Å². The number of hydrogen-bond acceptors (Lipinski definition) is 6. The van der Waals surface area contributed by atoms with E-state index in [4.69, 9.17) is 14.2 Å². The molecular formula is C24H28N2O5. The van der Waals surface area contributed by atoms with Crippen LogP contribution < -0.4 is 19.5 Å². The van der Waals surface area contributed by atoms with Gasteiger partial charge in [-0.1, -0.05) is 38.1 Å². The van der Waals surface area contributed by atoms with Crippen LogP contribution in [0.4, 0.5) is 0 Å². The van der Waals surface area contributed by atoms with Crippen molar-refractivity contribution in [2.75, 3.05) is 21.3 Å². The minimum atomic E-state index is -0.478. The summed E-state index contributed by atoms with van der Waals surface area (Å²) in [5, 5.41) is 21.9. The third-order valence-corrected chi connectivity index (χ3v) is 4.03. The number of nitrogens with one attached hydrogen (secondary N) is 1. The monoisotopic (exact) mass is 424 g/mol. The molecule has 0 saturated heterocycles. The Hall–Kier alpha value is -3.92. The third-order valence-electron chi connectivity index (χ3n) is 4.03. The van der Waals surface area contributed by atoms with Gasteiger partial charge in [-0.05, 0) is 41.5 Å². The summed E-state index contributed by atoms with van der Waals surface area (Å²) >= 11 is 0. The van der Waals surface area contributed by atoms with Crippen LogP contribution in [-0.4, -0.2) is 32.3 Å². The van der Waals surface area contributed by atoms with Gasteiger partial charge in [0, 0.05) is 6.54 Å². The summed E-state index contributed by atoms with van der Waals surface area (Å²) in [4.78, 5) is 12.2. The van der Waals surface area contributed by atoms with E-state index in [-0.39, 0.29) is 29.4 Å². The molecular weight excluding hydrogens is 396 g/mol. The van der Waals surface area contributed by atoms with Crippen molar-refractivity contribution in [2.24, 2.45) is 0 Å². The number of ether oxygens (including phenoxy) is 3. The lowest BCUT2D eigenvalue weighted by atomic mass is 10.1. The van der Waals surface area contributed by atoms with Gasteiger partial charge in [0.15, 0.2) is 11.5 Å². The molecule has 1 amide bonds. The first-order valence-electron chi connectivity index (χ1n) is 9.67. The molecule has 31 heavy (non-hydrogen) atoms. The molecule has 2 N–H and O–H groups in total. The number of nitriles is 1. The molecule has 0 unspecified atom stereocenters. The summed E-state index contributed by atoms with van der Waals surface area (Å²) < 4.78 is 15.3. The number of carbonyl (C=O) groups is 1. The van der Waals surface area contributed by atoms with Gasteiger partial charge in [0.05, 0.1) is 21.3 Å². The zero-order valence-electron chi connectivity index (χ0n) is 18.4. The highest BCUT2D eigenvalue weighted by Gasteiger charge is 2.10. The van der Waals surface area contributed by atoms with Gasteiger partial charge >= 0.3 is 0 Å². The van der Waals surface area contributed by atoms with E-state index in [2.05, 4.69) is 5.32 Å². The Morgan fingerprint density at radius 2 is 1.65 bits per heavy atom. The lowest BCUT2D eigenvalue weighted by Crippen LogP contribution is -2.23. The lowest BCUT2D eigenvalue weighted by Gasteiger charge is -2.09. The normalized spacial score (nSPS) is 10.5. The number of methoxy groups -OCH3 is 3. The zero-order valence-corrected chi connectivity index (χ0v) is 18.4. The van der Waals surface area contributed by atoms with Gasteiger partial charge in [0.2, 0.25) is 5.75 Å². The number of aromatic hydroxyl groups is 1. The summed E-state index contributed by atoms with van der Waals surface area (Å²) in [6.07, 6.45) is 4.64. The molecule has 0 aromatic heterocycles. The molecule has 0 bridgehead atoms. The molecule has 0 radical (unpaired) electrons. The van der Waals surface area contributed by atoms with Crippen molar-refractivity contribution in [2.45, 2.75) is 20.4 Å². The fourth-order valence-electron chi connectivity index (χ4n) is 2.45.